The van der Waals surface area contributed by atoms with E-state index in [2.05, 4.69) is 42.0 Å². The van der Waals surface area contributed by atoms with Crippen LogP contribution in [0.25, 0.3) is 0 Å². The van der Waals surface area contributed by atoms with Crippen LogP contribution < -0.4 is 0 Å². The second-order valence-corrected chi connectivity index (χ2v) is 4.56. The van der Waals surface area contributed by atoms with Crippen molar-refractivity contribution in [3.05, 3.63) is 58.2 Å². The van der Waals surface area contributed by atoms with Gasteiger partial charge < -0.3 is 0 Å². The van der Waals surface area contributed by atoms with Crippen LogP contribution in [0.3, 0.4) is 0 Å². The van der Waals surface area contributed by atoms with Crippen molar-refractivity contribution in [3.8, 4) is 0 Å². The maximum atomic E-state index is 10.8. The molecule has 0 unspecified atom stereocenters. The smallest absolute Gasteiger partial charge is 0.168 e. The molecule has 1 aromatic carbocycles. The first kappa shape index (κ1) is 12.4. The van der Waals surface area contributed by atoms with Crippen molar-refractivity contribution in [1.82, 2.24) is 9.97 Å². The highest BCUT2D eigenvalue weighted by Gasteiger charge is 2.04. The van der Waals surface area contributed by atoms with Gasteiger partial charge >= 0.3 is 0 Å². The van der Waals surface area contributed by atoms with Gasteiger partial charge in [-0.2, -0.15) is 0 Å². The van der Waals surface area contributed by atoms with Crippen molar-refractivity contribution >= 4 is 6.29 Å². The summed E-state index contributed by atoms with van der Waals surface area (Å²) in [4.78, 5) is 19.4. The molecule has 0 aliphatic carbocycles. The third-order valence-corrected chi connectivity index (χ3v) is 2.97. The van der Waals surface area contributed by atoms with Crippen molar-refractivity contribution in [2.75, 3.05) is 0 Å². The normalized spacial score (nSPS) is 10.4. The van der Waals surface area contributed by atoms with E-state index in [-0.39, 0.29) is 0 Å². The maximum absolute atomic E-state index is 10.8. The Hall–Kier alpha value is -2.03. The Kier molecular flexibility index (Phi) is 3.51. The van der Waals surface area contributed by atoms with Crippen LogP contribution in [0.5, 0.6) is 0 Å². The number of nitrogens with zero attached hydrogens (tertiary/aromatic N) is 2. The summed E-state index contributed by atoms with van der Waals surface area (Å²) >= 11 is 0. The van der Waals surface area contributed by atoms with Gasteiger partial charge in [0.2, 0.25) is 0 Å². The van der Waals surface area contributed by atoms with E-state index in [1.165, 1.54) is 16.7 Å². The lowest BCUT2D eigenvalue weighted by Crippen LogP contribution is -2.02. The minimum atomic E-state index is 0.446. The maximum Gasteiger partial charge on any atom is 0.168 e. The highest BCUT2D eigenvalue weighted by atomic mass is 16.1. The van der Waals surface area contributed by atoms with E-state index in [0.29, 0.717) is 17.9 Å². The highest BCUT2D eigenvalue weighted by Crippen LogP contribution is 2.12. The molecule has 1 heterocycles. The van der Waals surface area contributed by atoms with Crippen LogP contribution in [-0.2, 0) is 6.42 Å². The number of hydrogen-bond donors (Lipinski definition) is 0. The molecule has 92 valence electrons. The number of rotatable bonds is 3. The van der Waals surface area contributed by atoms with Gasteiger partial charge in [0.15, 0.2) is 6.29 Å². The quantitative estimate of drug-likeness (QED) is 0.775. The number of hydrogen-bond acceptors (Lipinski definition) is 3. The Balaban J connectivity index is 2.30. The van der Waals surface area contributed by atoms with Crippen molar-refractivity contribution in [3.63, 3.8) is 0 Å². The molecule has 0 bridgehead atoms. The molecular weight excluding hydrogens is 224 g/mol. The second-order valence-electron chi connectivity index (χ2n) is 4.56. The van der Waals surface area contributed by atoms with Crippen molar-refractivity contribution in [2.45, 2.75) is 27.2 Å². The Bertz CT molecular complexity index is 591. The number of benzene rings is 1. The lowest BCUT2D eigenvalue weighted by molar-refractivity contribution is 0.111. The van der Waals surface area contributed by atoms with Gasteiger partial charge in [-0.25, -0.2) is 9.97 Å². The third-order valence-electron chi connectivity index (χ3n) is 2.97. The van der Waals surface area contributed by atoms with Gasteiger partial charge in [0.1, 0.15) is 11.5 Å². The first-order valence-electron chi connectivity index (χ1n) is 5.94. The summed E-state index contributed by atoms with van der Waals surface area (Å²) in [7, 11) is 0. The monoisotopic (exact) mass is 240 g/mol. The van der Waals surface area contributed by atoms with Gasteiger partial charge in [-0.05, 0) is 43.5 Å². The lowest BCUT2D eigenvalue weighted by atomic mass is 10.0. The summed E-state index contributed by atoms with van der Waals surface area (Å²) in [5, 5.41) is 0. The molecule has 3 heteroatoms. The molecule has 0 amide bonds. The zero-order valence-electron chi connectivity index (χ0n) is 10.9. The Morgan fingerprint density at radius 2 is 1.83 bits per heavy atom. The fraction of sp³-hybridized carbons (Fsp3) is 0.267. The summed E-state index contributed by atoms with van der Waals surface area (Å²) in [5.41, 5.74) is 4.97. The predicted molar refractivity (Wildman–Crippen MR) is 70.9 cm³/mol. The van der Waals surface area contributed by atoms with Gasteiger partial charge in [0, 0.05) is 12.1 Å². The van der Waals surface area contributed by atoms with Crippen LogP contribution in [-0.4, -0.2) is 16.3 Å². The summed E-state index contributed by atoms with van der Waals surface area (Å²) < 4.78 is 0. The van der Waals surface area contributed by atoms with E-state index >= 15 is 0 Å². The van der Waals surface area contributed by atoms with Gasteiger partial charge in [-0.3, -0.25) is 4.79 Å². The topological polar surface area (TPSA) is 42.9 Å². The minimum absolute atomic E-state index is 0.446. The fourth-order valence-corrected chi connectivity index (χ4v) is 1.89. The average molecular weight is 240 g/mol. The Morgan fingerprint density at radius 1 is 1.06 bits per heavy atom. The standard InChI is InChI=1S/C15H16N2O/c1-10-4-5-13(6-11(10)2)8-15-16-12(3)7-14(9-18)17-15/h4-7,9H,8H2,1-3H3. The van der Waals surface area contributed by atoms with Crippen LogP contribution in [0.1, 0.15) is 38.7 Å². The van der Waals surface area contributed by atoms with Gasteiger partial charge in [-0.15, -0.1) is 0 Å². The average Bonchev–Trinajstić information content (AvgIpc) is 2.33. The van der Waals surface area contributed by atoms with E-state index in [9.17, 15) is 4.79 Å². The molecule has 1 aromatic heterocycles. The van der Waals surface area contributed by atoms with E-state index in [4.69, 9.17) is 0 Å². The minimum Gasteiger partial charge on any atom is -0.296 e. The first-order valence-corrected chi connectivity index (χ1v) is 5.94. The molecule has 0 spiro atoms. The molecule has 0 N–H and O–H groups in total. The summed E-state index contributed by atoms with van der Waals surface area (Å²) in [5.74, 6) is 0.695. The molecule has 0 aliphatic rings. The van der Waals surface area contributed by atoms with Crippen LogP contribution in [0.15, 0.2) is 24.3 Å². The zero-order chi connectivity index (χ0) is 13.1. The lowest BCUT2D eigenvalue weighted by Gasteiger charge is -2.05. The third kappa shape index (κ3) is 2.80. The number of carbonyl (C=O) groups is 1. The van der Waals surface area contributed by atoms with E-state index < -0.39 is 0 Å². The van der Waals surface area contributed by atoms with E-state index in [1.54, 1.807) is 6.07 Å². The van der Waals surface area contributed by atoms with E-state index in [0.717, 1.165) is 12.0 Å². The first-order chi connectivity index (χ1) is 8.58. The predicted octanol–water partition coefficient (Wildman–Crippen LogP) is 2.81. The molecule has 0 fully saturated rings. The summed E-state index contributed by atoms with van der Waals surface area (Å²) in [6.07, 6.45) is 1.42. The van der Waals surface area contributed by atoms with Crippen molar-refractivity contribution in [2.24, 2.45) is 0 Å². The summed E-state index contributed by atoms with van der Waals surface area (Å²) in [6.45, 7) is 6.05. The molecule has 18 heavy (non-hydrogen) atoms. The number of aryl methyl sites for hydroxylation is 3. The SMILES string of the molecule is Cc1cc(C=O)nc(Cc2ccc(C)c(C)c2)n1. The number of aldehydes is 1. The van der Waals surface area contributed by atoms with Crippen LogP contribution >= 0.6 is 0 Å². The van der Waals surface area contributed by atoms with Crippen LogP contribution in [0.2, 0.25) is 0 Å². The molecule has 3 nitrogen and oxygen atoms in total. The molecule has 0 atom stereocenters. The molecule has 0 saturated carbocycles. The highest BCUT2D eigenvalue weighted by molar-refractivity contribution is 5.71. The molecule has 0 saturated heterocycles. The zero-order valence-corrected chi connectivity index (χ0v) is 10.9. The Morgan fingerprint density at radius 3 is 2.50 bits per heavy atom. The number of carbonyl (C=O) groups excluding carboxylic acids is 1. The van der Waals surface area contributed by atoms with Gasteiger partial charge in [-0.1, -0.05) is 18.2 Å². The fourth-order valence-electron chi connectivity index (χ4n) is 1.89. The van der Waals surface area contributed by atoms with Gasteiger partial charge in [0.25, 0.3) is 0 Å². The molecular formula is C15H16N2O. The molecule has 0 radical (unpaired) electrons. The molecule has 0 aliphatic heterocycles. The van der Waals surface area contributed by atoms with E-state index in [1.807, 2.05) is 6.92 Å². The van der Waals surface area contributed by atoms with Crippen LogP contribution in [0, 0.1) is 20.8 Å². The van der Waals surface area contributed by atoms with Crippen molar-refractivity contribution < 1.29 is 4.79 Å². The molecule has 2 aromatic rings. The molecule has 2 rings (SSSR count). The number of aromatic nitrogens is 2. The second kappa shape index (κ2) is 5.08. The largest absolute Gasteiger partial charge is 0.296 e. The Labute approximate surface area is 107 Å². The summed E-state index contributed by atoms with van der Waals surface area (Å²) in [6, 6.07) is 8.01. The van der Waals surface area contributed by atoms with Crippen LogP contribution in [0.4, 0.5) is 0 Å². The van der Waals surface area contributed by atoms with Gasteiger partial charge in [0.05, 0.1) is 0 Å². The van der Waals surface area contributed by atoms with Crippen molar-refractivity contribution in [1.29, 1.82) is 0 Å².